The van der Waals surface area contributed by atoms with Gasteiger partial charge in [0.15, 0.2) is 0 Å². The fourth-order valence-electron chi connectivity index (χ4n) is 2.41. The molecule has 1 N–H and O–H groups in total. The van der Waals surface area contributed by atoms with Gasteiger partial charge in [-0.1, -0.05) is 0 Å². The van der Waals surface area contributed by atoms with Gasteiger partial charge in [0.2, 0.25) is 0 Å². The van der Waals surface area contributed by atoms with E-state index >= 15 is 0 Å². The number of amides is 1. The van der Waals surface area contributed by atoms with E-state index in [0.29, 0.717) is 19.1 Å². The Morgan fingerprint density at radius 3 is 3.05 bits per heavy atom. The molecule has 1 amide bonds. The molecule has 3 rings (SSSR count). The standard InChI is InChI=1S/C13H16N6O2/c1-2-21-13(20)17-12-16-11-4-3-9(7-19(11)18-12)10-5-14-8-15-6-10/h5-6,8-9H,2-4,7H2,1H3,(H,17,18,20). The lowest BCUT2D eigenvalue weighted by atomic mass is 9.94. The maximum Gasteiger partial charge on any atom is 0.414 e. The summed E-state index contributed by atoms with van der Waals surface area (Å²) < 4.78 is 6.63. The molecule has 0 fully saturated rings. The Balaban J connectivity index is 1.72. The van der Waals surface area contributed by atoms with Crippen LogP contribution in [0.15, 0.2) is 18.7 Å². The maximum atomic E-state index is 11.4. The van der Waals surface area contributed by atoms with Crippen LogP contribution >= 0.6 is 0 Å². The predicted octanol–water partition coefficient (Wildman–Crippen LogP) is 1.37. The molecule has 1 unspecified atom stereocenters. The fraction of sp³-hybridized carbons (Fsp3) is 0.462. The first-order valence-corrected chi connectivity index (χ1v) is 6.88. The molecule has 0 radical (unpaired) electrons. The summed E-state index contributed by atoms with van der Waals surface area (Å²) in [5.74, 6) is 1.47. The summed E-state index contributed by atoms with van der Waals surface area (Å²) in [7, 11) is 0. The van der Waals surface area contributed by atoms with E-state index in [1.807, 2.05) is 17.1 Å². The summed E-state index contributed by atoms with van der Waals surface area (Å²) in [5, 5.41) is 6.83. The Morgan fingerprint density at radius 1 is 1.48 bits per heavy atom. The second kappa shape index (κ2) is 5.86. The molecule has 3 heterocycles. The lowest BCUT2D eigenvalue weighted by Gasteiger charge is -2.21. The van der Waals surface area contributed by atoms with Crippen LogP contribution < -0.4 is 5.32 Å². The van der Waals surface area contributed by atoms with Crippen LogP contribution in [-0.2, 0) is 17.7 Å². The van der Waals surface area contributed by atoms with E-state index < -0.39 is 6.09 Å². The van der Waals surface area contributed by atoms with Crippen molar-refractivity contribution in [3.63, 3.8) is 0 Å². The van der Waals surface area contributed by atoms with Crippen LogP contribution in [0.25, 0.3) is 0 Å². The SMILES string of the molecule is CCOC(=O)Nc1nc2n(n1)CC(c1cncnc1)CC2. The minimum atomic E-state index is -0.534. The zero-order valence-electron chi connectivity index (χ0n) is 11.7. The molecule has 21 heavy (non-hydrogen) atoms. The third-order valence-electron chi connectivity index (χ3n) is 3.40. The Labute approximate surface area is 121 Å². The van der Waals surface area contributed by atoms with Crippen molar-refractivity contribution in [3.05, 3.63) is 30.1 Å². The lowest BCUT2D eigenvalue weighted by molar-refractivity contribution is 0.167. The van der Waals surface area contributed by atoms with E-state index in [4.69, 9.17) is 4.74 Å². The highest BCUT2D eigenvalue weighted by Gasteiger charge is 2.23. The highest BCUT2D eigenvalue weighted by atomic mass is 16.5. The van der Waals surface area contributed by atoms with E-state index in [0.717, 1.165) is 24.2 Å². The number of rotatable bonds is 3. The number of nitrogens with zero attached hydrogens (tertiary/aromatic N) is 5. The summed E-state index contributed by atoms with van der Waals surface area (Å²) in [4.78, 5) is 23.8. The number of aryl methyl sites for hydroxylation is 1. The summed E-state index contributed by atoms with van der Waals surface area (Å²) in [6, 6.07) is 0. The van der Waals surface area contributed by atoms with Gasteiger partial charge in [0.05, 0.1) is 13.2 Å². The number of carbonyl (C=O) groups excluding carboxylic acids is 1. The molecular formula is C13H16N6O2. The van der Waals surface area contributed by atoms with Gasteiger partial charge in [-0.3, -0.25) is 5.32 Å². The molecular weight excluding hydrogens is 272 g/mol. The van der Waals surface area contributed by atoms with Crippen molar-refractivity contribution in [2.75, 3.05) is 11.9 Å². The molecule has 1 aliphatic heterocycles. The number of carbonyl (C=O) groups is 1. The number of nitrogens with one attached hydrogen (secondary N) is 1. The minimum absolute atomic E-state index is 0.286. The van der Waals surface area contributed by atoms with E-state index in [1.54, 1.807) is 6.92 Å². The van der Waals surface area contributed by atoms with Crippen molar-refractivity contribution >= 4 is 12.0 Å². The molecule has 0 aliphatic carbocycles. The maximum absolute atomic E-state index is 11.4. The van der Waals surface area contributed by atoms with Crippen LogP contribution in [0.1, 0.15) is 30.7 Å². The molecule has 110 valence electrons. The monoisotopic (exact) mass is 288 g/mol. The van der Waals surface area contributed by atoms with Gasteiger partial charge in [-0.05, 0) is 18.9 Å². The largest absolute Gasteiger partial charge is 0.450 e. The van der Waals surface area contributed by atoms with Crippen LogP contribution in [-0.4, -0.2) is 37.4 Å². The normalized spacial score (nSPS) is 17.1. The first kappa shape index (κ1) is 13.5. The zero-order valence-corrected chi connectivity index (χ0v) is 11.7. The second-order valence-electron chi connectivity index (χ2n) is 4.79. The lowest BCUT2D eigenvalue weighted by Crippen LogP contribution is -2.20. The van der Waals surface area contributed by atoms with Crippen molar-refractivity contribution in [2.24, 2.45) is 0 Å². The summed E-state index contributed by atoms with van der Waals surface area (Å²) in [5.41, 5.74) is 1.10. The third kappa shape index (κ3) is 2.99. The number of anilines is 1. The van der Waals surface area contributed by atoms with Crippen LogP contribution in [0.5, 0.6) is 0 Å². The first-order chi connectivity index (χ1) is 10.3. The first-order valence-electron chi connectivity index (χ1n) is 6.88. The number of hydrogen-bond donors (Lipinski definition) is 1. The molecule has 0 saturated heterocycles. The Hall–Kier alpha value is -2.51. The van der Waals surface area contributed by atoms with Crippen LogP contribution in [0.4, 0.5) is 10.7 Å². The highest BCUT2D eigenvalue weighted by Crippen LogP contribution is 2.27. The highest BCUT2D eigenvalue weighted by molar-refractivity contribution is 5.82. The molecule has 2 aromatic rings. The molecule has 0 saturated carbocycles. The van der Waals surface area contributed by atoms with Gasteiger partial charge in [0.25, 0.3) is 5.95 Å². The van der Waals surface area contributed by atoms with Gasteiger partial charge < -0.3 is 4.74 Å². The van der Waals surface area contributed by atoms with Gasteiger partial charge in [-0.25, -0.2) is 19.4 Å². The smallest absolute Gasteiger partial charge is 0.414 e. The van der Waals surface area contributed by atoms with Crippen molar-refractivity contribution in [2.45, 2.75) is 32.2 Å². The Morgan fingerprint density at radius 2 is 2.29 bits per heavy atom. The van der Waals surface area contributed by atoms with Crippen molar-refractivity contribution in [1.29, 1.82) is 0 Å². The Kier molecular flexibility index (Phi) is 3.76. The van der Waals surface area contributed by atoms with Crippen LogP contribution in [0.3, 0.4) is 0 Å². The number of fused-ring (bicyclic) bond motifs is 1. The van der Waals surface area contributed by atoms with Gasteiger partial charge in [-0.2, -0.15) is 4.98 Å². The number of aromatic nitrogens is 5. The molecule has 8 nitrogen and oxygen atoms in total. The van der Waals surface area contributed by atoms with Gasteiger partial charge in [0, 0.05) is 24.7 Å². The molecule has 1 aliphatic rings. The molecule has 2 aromatic heterocycles. The Bertz CT molecular complexity index is 627. The zero-order chi connectivity index (χ0) is 14.7. The fourth-order valence-corrected chi connectivity index (χ4v) is 2.41. The molecule has 0 spiro atoms. The van der Waals surface area contributed by atoms with Crippen LogP contribution in [0, 0.1) is 0 Å². The van der Waals surface area contributed by atoms with Crippen molar-refractivity contribution in [3.8, 4) is 0 Å². The van der Waals surface area contributed by atoms with E-state index in [9.17, 15) is 4.79 Å². The number of hydrogen-bond acceptors (Lipinski definition) is 6. The van der Waals surface area contributed by atoms with E-state index in [1.165, 1.54) is 6.33 Å². The van der Waals surface area contributed by atoms with Gasteiger partial charge >= 0.3 is 6.09 Å². The average molecular weight is 288 g/mol. The molecule has 1 atom stereocenters. The van der Waals surface area contributed by atoms with Gasteiger partial charge in [0.1, 0.15) is 12.2 Å². The third-order valence-corrected chi connectivity index (χ3v) is 3.40. The van der Waals surface area contributed by atoms with Gasteiger partial charge in [-0.15, -0.1) is 5.10 Å². The minimum Gasteiger partial charge on any atom is -0.450 e. The molecule has 0 bridgehead atoms. The van der Waals surface area contributed by atoms with Crippen LogP contribution in [0.2, 0.25) is 0 Å². The topological polar surface area (TPSA) is 94.8 Å². The van der Waals surface area contributed by atoms with Crippen molar-refractivity contribution < 1.29 is 9.53 Å². The van der Waals surface area contributed by atoms with Crippen molar-refractivity contribution in [1.82, 2.24) is 24.7 Å². The molecule has 8 heteroatoms. The summed E-state index contributed by atoms with van der Waals surface area (Å²) in [6.07, 6.45) is 6.42. The summed E-state index contributed by atoms with van der Waals surface area (Å²) >= 11 is 0. The number of ether oxygens (including phenoxy) is 1. The average Bonchev–Trinajstić information content (AvgIpc) is 2.89. The summed E-state index contributed by atoms with van der Waals surface area (Å²) in [6.45, 7) is 2.77. The van der Waals surface area contributed by atoms with E-state index in [2.05, 4.69) is 25.4 Å². The quantitative estimate of drug-likeness (QED) is 0.916. The van der Waals surface area contributed by atoms with E-state index in [-0.39, 0.29) is 5.95 Å². The second-order valence-corrected chi connectivity index (χ2v) is 4.79. The molecule has 0 aromatic carbocycles. The predicted molar refractivity (Wildman–Crippen MR) is 73.8 cm³/mol.